The molecule has 23 heavy (non-hydrogen) atoms. The smallest absolute Gasteiger partial charge is 0.305 e. The standard InChI is InChI=1S/C9H6ClF11N2/c1-2-3(10)4(23-22-2)5(11,12)6(13,14)7(15,16)8(17,18)9(19,20)21/h2-3,22H,1H3/t2-,3+/m0/s1. The molecule has 1 aliphatic heterocycles. The Balaban J connectivity index is 3.39. The molecule has 1 heterocycles. The van der Waals surface area contributed by atoms with Crippen molar-refractivity contribution in [3.05, 3.63) is 0 Å². The molecule has 0 aromatic rings. The maximum absolute atomic E-state index is 13.6. The lowest BCUT2D eigenvalue weighted by molar-refractivity contribution is -0.414. The first-order chi connectivity index (χ1) is 9.93. The van der Waals surface area contributed by atoms with Gasteiger partial charge in [0.1, 0.15) is 11.1 Å². The van der Waals surface area contributed by atoms with Gasteiger partial charge in [0.15, 0.2) is 0 Å². The SMILES string of the molecule is C[C@@H]1NN=C(C(F)(F)C(F)(F)C(F)(F)C(F)(F)C(F)(F)F)[C@@H]1Cl. The van der Waals surface area contributed by atoms with Gasteiger partial charge < -0.3 is 5.43 Å². The first-order valence-corrected chi connectivity index (χ1v) is 5.92. The molecule has 14 heteroatoms. The van der Waals surface area contributed by atoms with E-state index in [1.807, 2.05) is 0 Å². The third-order valence-corrected chi connectivity index (χ3v) is 3.53. The quantitative estimate of drug-likeness (QED) is 0.572. The van der Waals surface area contributed by atoms with Crippen molar-refractivity contribution in [2.45, 2.75) is 48.2 Å². The summed E-state index contributed by atoms with van der Waals surface area (Å²) >= 11 is 5.21. The normalized spacial score (nSPS) is 24.5. The Bertz CT molecular complexity index is 498. The maximum Gasteiger partial charge on any atom is 0.460 e. The Morgan fingerprint density at radius 2 is 1.26 bits per heavy atom. The minimum atomic E-state index is -7.47. The van der Waals surface area contributed by atoms with Gasteiger partial charge in [-0.05, 0) is 6.92 Å². The molecule has 0 aliphatic carbocycles. The maximum atomic E-state index is 13.6. The number of alkyl halides is 12. The summed E-state index contributed by atoms with van der Waals surface area (Å²) in [5, 5.41) is 0.406. The second-order valence-corrected chi connectivity index (χ2v) is 5.08. The summed E-state index contributed by atoms with van der Waals surface area (Å²) in [6, 6.07) is -1.27. The molecule has 0 radical (unpaired) electrons. The number of nitrogens with zero attached hydrogens (tertiary/aromatic N) is 1. The van der Waals surface area contributed by atoms with Crippen molar-refractivity contribution in [3.8, 4) is 0 Å². The average Bonchev–Trinajstić information content (AvgIpc) is 2.68. The van der Waals surface area contributed by atoms with E-state index in [4.69, 9.17) is 11.6 Å². The van der Waals surface area contributed by atoms with E-state index in [0.29, 0.717) is 0 Å². The zero-order chi connectivity index (χ0) is 18.6. The summed E-state index contributed by atoms with van der Waals surface area (Å²) in [6.45, 7) is 1.00. The van der Waals surface area contributed by atoms with Crippen molar-refractivity contribution in [1.82, 2.24) is 5.43 Å². The van der Waals surface area contributed by atoms with E-state index in [9.17, 15) is 48.3 Å². The molecule has 0 aromatic heterocycles. The molecular weight excluding hydrogens is 381 g/mol. The lowest BCUT2D eigenvalue weighted by Gasteiger charge is -2.37. The highest BCUT2D eigenvalue weighted by Crippen LogP contribution is 2.58. The van der Waals surface area contributed by atoms with Crippen LogP contribution in [0.3, 0.4) is 0 Å². The molecule has 0 saturated carbocycles. The van der Waals surface area contributed by atoms with Crippen LogP contribution in [0.2, 0.25) is 0 Å². The molecule has 2 atom stereocenters. The van der Waals surface area contributed by atoms with E-state index in [1.165, 1.54) is 0 Å². The fourth-order valence-electron chi connectivity index (χ4n) is 1.51. The van der Waals surface area contributed by atoms with Gasteiger partial charge in [0.05, 0.1) is 6.04 Å². The number of rotatable bonds is 4. The Morgan fingerprint density at radius 3 is 1.57 bits per heavy atom. The van der Waals surface area contributed by atoms with Crippen LogP contribution in [0.15, 0.2) is 5.10 Å². The molecule has 0 spiro atoms. The summed E-state index contributed by atoms with van der Waals surface area (Å²) < 4.78 is 141. The van der Waals surface area contributed by atoms with Crippen LogP contribution < -0.4 is 5.43 Å². The van der Waals surface area contributed by atoms with Crippen molar-refractivity contribution in [2.75, 3.05) is 0 Å². The minimum Gasteiger partial charge on any atom is -0.305 e. The average molecular weight is 387 g/mol. The van der Waals surface area contributed by atoms with Gasteiger partial charge in [-0.25, -0.2) is 0 Å². The second-order valence-electron chi connectivity index (χ2n) is 4.61. The monoisotopic (exact) mass is 386 g/mol. The molecule has 0 saturated heterocycles. The van der Waals surface area contributed by atoms with Crippen molar-refractivity contribution in [1.29, 1.82) is 0 Å². The predicted molar refractivity (Wildman–Crippen MR) is 55.5 cm³/mol. The zero-order valence-corrected chi connectivity index (χ0v) is 11.4. The topological polar surface area (TPSA) is 24.4 Å². The molecule has 1 aliphatic rings. The van der Waals surface area contributed by atoms with E-state index in [-0.39, 0.29) is 0 Å². The molecule has 0 unspecified atom stereocenters. The fraction of sp³-hybridized carbons (Fsp3) is 0.889. The van der Waals surface area contributed by atoms with Crippen LogP contribution in [0.5, 0.6) is 0 Å². The van der Waals surface area contributed by atoms with Crippen LogP contribution in [-0.4, -0.2) is 47.0 Å². The molecule has 1 N–H and O–H groups in total. The molecule has 2 nitrogen and oxygen atoms in total. The van der Waals surface area contributed by atoms with Crippen molar-refractivity contribution in [3.63, 3.8) is 0 Å². The Morgan fingerprint density at radius 1 is 0.826 bits per heavy atom. The molecule has 0 fully saturated rings. The van der Waals surface area contributed by atoms with Crippen molar-refractivity contribution in [2.24, 2.45) is 5.10 Å². The molecule has 0 bridgehead atoms. The summed E-state index contributed by atoms with van der Waals surface area (Å²) in [5.41, 5.74) is -0.466. The first-order valence-electron chi connectivity index (χ1n) is 5.48. The van der Waals surface area contributed by atoms with Gasteiger partial charge in [-0.2, -0.15) is 53.4 Å². The van der Waals surface area contributed by atoms with Gasteiger partial charge in [0, 0.05) is 0 Å². The van der Waals surface area contributed by atoms with Crippen LogP contribution in [0.4, 0.5) is 48.3 Å². The summed E-state index contributed by atoms with van der Waals surface area (Å²) in [6.07, 6.45) is -7.20. The fourth-order valence-corrected chi connectivity index (χ4v) is 1.75. The van der Waals surface area contributed by atoms with E-state index >= 15 is 0 Å². The lowest BCUT2D eigenvalue weighted by atomic mass is 9.93. The predicted octanol–water partition coefficient (Wildman–Crippen LogP) is 4.05. The lowest BCUT2D eigenvalue weighted by Crippen LogP contribution is -2.68. The molecule has 0 amide bonds. The summed E-state index contributed by atoms with van der Waals surface area (Å²) in [4.78, 5) is 0. The third kappa shape index (κ3) is 2.60. The number of hydrogen-bond donors (Lipinski definition) is 1. The third-order valence-electron chi connectivity index (χ3n) is 2.95. The molecule has 136 valence electrons. The summed E-state index contributed by atoms with van der Waals surface area (Å²) in [5.74, 6) is -28.2. The number of halogens is 12. The molecule has 0 aromatic carbocycles. The van der Waals surface area contributed by atoms with Gasteiger partial charge in [-0.3, -0.25) is 0 Å². The largest absolute Gasteiger partial charge is 0.460 e. The van der Waals surface area contributed by atoms with Gasteiger partial charge in [-0.1, -0.05) is 0 Å². The molecular formula is C9H6ClF11N2. The van der Waals surface area contributed by atoms with Crippen LogP contribution in [0.1, 0.15) is 6.92 Å². The highest BCUT2D eigenvalue weighted by molar-refractivity contribution is 6.34. The van der Waals surface area contributed by atoms with Gasteiger partial charge in [0.2, 0.25) is 0 Å². The number of nitrogens with one attached hydrogen (secondary N) is 1. The summed E-state index contributed by atoms with van der Waals surface area (Å²) in [7, 11) is 0. The second kappa shape index (κ2) is 5.24. The van der Waals surface area contributed by atoms with E-state index in [1.54, 1.807) is 5.43 Å². The highest BCUT2D eigenvalue weighted by atomic mass is 35.5. The van der Waals surface area contributed by atoms with E-state index in [0.717, 1.165) is 6.92 Å². The van der Waals surface area contributed by atoms with Gasteiger partial charge in [0.25, 0.3) is 0 Å². The zero-order valence-electron chi connectivity index (χ0n) is 10.6. The van der Waals surface area contributed by atoms with Crippen LogP contribution >= 0.6 is 11.6 Å². The Kier molecular flexibility index (Phi) is 4.57. The number of hydrogen-bond acceptors (Lipinski definition) is 2. The Labute approximate surface area is 125 Å². The van der Waals surface area contributed by atoms with Crippen LogP contribution in [-0.2, 0) is 0 Å². The van der Waals surface area contributed by atoms with Crippen molar-refractivity contribution >= 4 is 17.3 Å². The first kappa shape index (κ1) is 20.0. The van der Waals surface area contributed by atoms with Gasteiger partial charge >= 0.3 is 29.9 Å². The number of hydrazone groups is 1. The van der Waals surface area contributed by atoms with Gasteiger partial charge in [-0.15, -0.1) is 11.6 Å². The van der Waals surface area contributed by atoms with E-state index in [2.05, 4.69) is 5.10 Å². The highest BCUT2D eigenvalue weighted by Gasteiger charge is 2.88. The molecule has 1 rings (SSSR count). The van der Waals surface area contributed by atoms with E-state index < -0.39 is 47.0 Å². The minimum absolute atomic E-state index is 1.00. The van der Waals surface area contributed by atoms with Crippen LogP contribution in [0, 0.1) is 0 Å². The Hall–Kier alpha value is -1.01. The van der Waals surface area contributed by atoms with Crippen molar-refractivity contribution < 1.29 is 48.3 Å². The van der Waals surface area contributed by atoms with Crippen LogP contribution in [0.25, 0.3) is 0 Å².